The van der Waals surface area contributed by atoms with Crippen molar-refractivity contribution in [2.45, 2.75) is 26.7 Å². The minimum Gasteiger partial charge on any atom is -0.493 e. The summed E-state index contributed by atoms with van der Waals surface area (Å²) in [5, 5.41) is 2.56. The Balaban J connectivity index is 1.76. The first-order valence-corrected chi connectivity index (χ1v) is 7.31. The van der Waals surface area contributed by atoms with Gasteiger partial charge in [-0.2, -0.15) is 0 Å². The third-order valence-corrected chi connectivity index (χ3v) is 3.51. The second-order valence-electron chi connectivity index (χ2n) is 5.18. The summed E-state index contributed by atoms with van der Waals surface area (Å²) in [6.07, 6.45) is 0.868. The summed E-state index contributed by atoms with van der Waals surface area (Å²) in [6.45, 7) is 4.49. The number of para-hydroxylation sites is 1. The van der Waals surface area contributed by atoms with Crippen LogP contribution >= 0.6 is 0 Å². The van der Waals surface area contributed by atoms with E-state index >= 15 is 0 Å². The first-order chi connectivity index (χ1) is 10.6. The molecule has 0 atom stereocenters. The molecule has 1 N–H and O–H groups in total. The molecule has 1 amide bonds. The van der Waals surface area contributed by atoms with Crippen LogP contribution in [0.15, 0.2) is 42.5 Å². The third-order valence-electron chi connectivity index (χ3n) is 3.51. The summed E-state index contributed by atoms with van der Waals surface area (Å²) < 4.78 is 19.1. The van der Waals surface area contributed by atoms with Gasteiger partial charge in [0.2, 0.25) is 5.91 Å². The Hall–Kier alpha value is -2.36. The SMILES string of the molecule is Cc1cccc(OCCCC(=O)Nc2ccccc2F)c1C. The summed E-state index contributed by atoms with van der Waals surface area (Å²) in [5.74, 6) is 0.201. The Morgan fingerprint density at radius 3 is 2.68 bits per heavy atom. The minimum atomic E-state index is -0.428. The fourth-order valence-electron chi connectivity index (χ4n) is 2.07. The molecule has 0 aliphatic heterocycles. The van der Waals surface area contributed by atoms with Crippen LogP contribution in [0.2, 0.25) is 0 Å². The topological polar surface area (TPSA) is 38.3 Å². The maximum Gasteiger partial charge on any atom is 0.224 e. The van der Waals surface area contributed by atoms with Crippen molar-refractivity contribution in [3.05, 3.63) is 59.4 Å². The molecule has 0 aliphatic rings. The highest BCUT2D eigenvalue weighted by atomic mass is 19.1. The molecule has 0 spiro atoms. The van der Waals surface area contributed by atoms with Gasteiger partial charge in [-0.1, -0.05) is 24.3 Å². The lowest BCUT2D eigenvalue weighted by atomic mass is 10.1. The van der Waals surface area contributed by atoms with Crippen molar-refractivity contribution in [2.24, 2.45) is 0 Å². The van der Waals surface area contributed by atoms with Gasteiger partial charge in [-0.15, -0.1) is 0 Å². The van der Waals surface area contributed by atoms with E-state index in [0.29, 0.717) is 19.4 Å². The molecule has 0 unspecified atom stereocenters. The van der Waals surface area contributed by atoms with Crippen LogP contribution in [0.4, 0.5) is 10.1 Å². The standard InChI is InChI=1S/C18H20FNO2/c1-13-7-5-10-17(14(13)2)22-12-6-11-18(21)20-16-9-4-3-8-15(16)19/h3-5,7-10H,6,11-12H2,1-2H3,(H,20,21). The average molecular weight is 301 g/mol. The van der Waals surface area contributed by atoms with Crippen molar-refractivity contribution < 1.29 is 13.9 Å². The number of halogens is 1. The molecule has 0 saturated carbocycles. The number of anilines is 1. The Bertz CT molecular complexity index is 655. The van der Waals surface area contributed by atoms with E-state index in [9.17, 15) is 9.18 Å². The highest BCUT2D eigenvalue weighted by Gasteiger charge is 2.07. The average Bonchev–Trinajstić information content (AvgIpc) is 2.50. The number of carbonyl (C=O) groups is 1. The Kier molecular flexibility index (Phi) is 5.53. The molecule has 2 aromatic carbocycles. The molecule has 2 rings (SSSR count). The monoisotopic (exact) mass is 301 g/mol. The number of hydrogen-bond donors (Lipinski definition) is 1. The van der Waals surface area contributed by atoms with Crippen LogP contribution in [0.3, 0.4) is 0 Å². The number of carbonyl (C=O) groups excluding carboxylic acids is 1. The predicted octanol–water partition coefficient (Wildman–Crippen LogP) is 4.24. The molecule has 3 nitrogen and oxygen atoms in total. The molecule has 2 aromatic rings. The summed E-state index contributed by atoms with van der Waals surface area (Å²) in [5.41, 5.74) is 2.50. The van der Waals surface area contributed by atoms with Crippen LogP contribution in [0.5, 0.6) is 5.75 Å². The lowest BCUT2D eigenvalue weighted by molar-refractivity contribution is -0.116. The molecule has 116 valence electrons. The number of benzene rings is 2. The van der Waals surface area contributed by atoms with Gasteiger partial charge in [0.1, 0.15) is 11.6 Å². The van der Waals surface area contributed by atoms with Crippen molar-refractivity contribution >= 4 is 11.6 Å². The van der Waals surface area contributed by atoms with Gasteiger partial charge in [-0.3, -0.25) is 4.79 Å². The number of aryl methyl sites for hydroxylation is 1. The maximum absolute atomic E-state index is 13.4. The van der Waals surface area contributed by atoms with Gasteiger partial charge in [0.25, 0.3) is 0 Å². The molecule has 4 heteroatoms. The first-order valence-electron chi connectivity index (χ1n) is 7.31. The lowest BCUT2D eigenvalue weighted by Gasteiger charge is -2.11. The van der Waals surface area contributed by atoms with Gasteiger partial charge in [-0.05, 0) is 49.6 Å². The quantitative estimate of drug-likeness (QED) is 0.810. The molecule has 0 aliphatic carbocycles. The lowest BCUT2D eigenvalue weighted by Crippen LogP contribution is -2.13. The van der Waals surface area contributed by atoms with Gasteiger partial charge in [0.15, 0.2) is 0 Å². The zero-order valence-corrected chi connectivity index (χ0v) is 12.9. The zero-order valence-electron chi connectivity index (χ0n) is 12.9. The fourth-order valence-corrected chi connectivity index (χ4v) is 2.07. The molecule has 22 heavy (non-hydrogen) atoms. The molecule has 0 aromatic heterocycles. The summed E-state index contributed by atoms with van der Waals surface area (Å²) >= 11 is 0. The molecule has 0 saturated heterocycles. The number of hydrogen-bond acceptors (Lipinski definition) is 2. The summed E-state index contributed by atoms with van der Waals surface area (Å²) in [6, 6.07) is 12.0. The van der Waals surface area contributed by atoms with Gasteiger partial charge < -0.3 is 10.1 Å². The van der Waals surface area contributed by atoms with E-state index in [4.69, 9.17) is 4.74 Å². The molecular formula is C18H20FNO2. The van der Waals surface area contributed by atoms with Crippen LogP contribution in [-0.4, -0.2) is 12.5 Å². The highest BCUT2D eigenvalue weighted by molar-refractivity contribution is 5.90. The number of nitrogens with one attached hydrogen (secondary N) is 1. The van der Waals surface area contributed by atoms with Gasteiger partial charge >= 0.3 is 0 Å². The molecule has 0 radical (unpaired) electrons. The zero-order chi connectivity index (χ0) is 15.9. The Morgan fingerprint density at radius 2 is 1.91 bits per heavy atom. The Labute approximate surface area is 130 Å². The van der Waals surface area contributed by atoms with E-state index in [-0.39, 0.29) is 11.6 Å². The second-order valence-corrected chi connectivity index (χ2v) is 5.18. The van der Waals surface area contributed by atoms with Gasteiger partial charge in [-0.25, -0.2) is 4.39 Å². The smallest absolute Gasteiger partial charge is 0.224 e. The second kappa shape index (κ2) is 7.59. The summed E-state index contributed by atoms with van der Waals surface area (Å²) in [4.78, 5) is 11.8. The molecule has 0 bridgehead atoms. The molecule has 0 heterocycles. The maximum atomic E-state index is 13.4. The van der Waals surface area contributed by atoms with E-state index in [2.05, 4.69) is 5.32 Å². The van der Waals surface area contributed by atoms with Gasteiger partial charge in [0.05, 0.1) is 12.3 Å². The van der Waals surface area contributed by atoms with E-state index in [1.54, 1.807) is 18.2 Å². The van der Waals surface area contributed by atoms with Crippen molar-refractivity contribution in [3.63, 3.8) is 0 Å². The first kappa shape index (κ1) is 16.0. The molecule has 0 fully saturated rings. The van der Waals surface area contributed by atoms with Crippen molar-refractivity contribution in [3.8, 4) is 5.75 Å². The van der Waals surface area contributed by atoms with Crippen LogP contribution in [-0.2, 0) is 4.79 Å². The van der Waals surface area contributed by atoms with E-state index in [1.165, 1.54) is 11.6 Å². The predicted molar refractivity (Wildman–Crippen MR) is 85.7 cm³/mol. The van der Waals surface area contributed by atoms with E-state index in [1.807, 2.05) is 32.0 Å². The molecular weight excluding hydrogens is 281 g/mol. The van der Waals surface area contributed by atoms with Gasteiger partial charge in [0, 0.05) is 6.42 Å². The van der Waals surface area contributed by atoms with Crippen molar-refractivity contribution in [1.29, 1.82) is 0 Å². The minimum absolute atomic E-state index is 0.211. The van der Waals surface area contributed by atoms with Crippen molar-refractivity contribution in [1.82, 2.24) is 0 Å². The fraction of sp³-hybridized carbons (Fsp3) is 0.278. The van der Waals surface area contributed by atoms with Crippen LogP contribution in [0.1, 0.15) is 24.0 Å². The van der Waals surface area contributed by atoms with Crippen LogP contribution < -0.4 is 10.1 Å². The van der Waals surface area contributed by atoms with Crippen LogP contribution in [0.25, 0.3) is 0 Å². The van der Waals surface area contributed by atoms with Crippen LogP contribution in [0, 0.1) is 19.7 Å². The largest absolute Gasteiger partial charge is 0.493 e. The highest BCUT2D eigenvalue weighted by Crippen LogP contribution is 2.20. The normalized spacial score (nSPS) is 10.3. The Morgan fingerprint density at radius 1 is 1.14 bits per heavy atom. The number of ether oxygens (including phenoxy) is 1. The van der Waals surface area contributed by atoms with E-state index in [0.717, 1.165) is 11.3 Å². The third kappa shape index (κ3) is 4.32. The number of amides is 1. The summed E-state index contributed by atoms with van der Waals surface area (Å²) in [7, 11) is 0. The van der Waals surface area contributed by atoms with E-state index < -0.39 is 5.82 Å². The number of rotatable bonds is 6. The van der Waals surface area contributed by atoms with Crippen molar-refractivity contribution in [2.75, 3.05) is 11.9 Å².